The van der Waals surface area contributed by atoms with Gasteiger partial charge in [-0.3, -0.25) is 0 Å². The van der Waals surface area contributed by atoms with Gasteiger partial charge in [0.1, 0.15) is 0 Å². The Labute approximate surface area is 305 Å². The Balaban J connectivity index is 1.14. The van der Waals surface area contributed by atoms with Crippen molar-refractivity contribution in [3.05, 3.63) is 188 Å². The number of fused-ring (bicyclic) bond motifs is 12. The Morgan fingerprint density at radius 3 is 1.63 bits per heavy atom. The minimum absolute atomic E-state index is 1.12. The van der Waals surface area contributed by atoms with Gasteiger partial charge in [0.05, 0.1) is 5.69 Å². The molecule has 0 N–H and O–H groups in total. The first-order chi connectivity index (χ1) is 25.8. The summed E-state index contributed by atoms with van der Waals surface area (Å²) in [5.74, 6) is 0. The molecule has 0 fully saturated rings. The molecule has 1 heterocycles. The maximum atomic E-state index is 2.46. The zero-order valence-corrected chi connectivity index (χ0v) is 29.1. The third kappa shape index (κ3) is 4.48. The van der Waals surface area contributed by atoms with Crippen molar-refractivity contribution in [3.63, 3.8) is 0 Å². The fourth-order valence-electron chi connectivity index (χ4n) is 8.40. The van der Waals surface area contributed by atoms with Crippen LogP contribution in [-0.4, -0.2) is 0 Å². The average molecular weight is 678 g/mol. The van der Waals surface area contributed by atoms with Crippen molar-refractivity contribution < 1.29 is 0 Å². The molecule has 0 spiro atoms. The topological polar surface area (TPSA) is 3.24 Å². The fraction of sp³-hybridized carbons (Fsp3) is 0. The normalized spacial score (nSPS) is 11.8. The lowest BCUT2D eigenvalue weighted by Gasteiger charge is -2.28. The summed E-state index contributed by atoms with van der Waals surface area (Å²) < 4.78 is 2.66. The van der Waals surface area contributed by atoms with E-state index in [1.165, 1.54) is 85.2 Å². The maximum Gasteiger partial charge on any atom is 0.0546 e. The molecule has 0 radical (unpaired) electrons. The quantitative estimate of drug-likeness (QED) is 0.168. The summed E-state index contributed by atoms with van der Waals surface area (Å²) in [6.45, 7) is 0. The Hall–Kier alpha value is -6.48. The molecule has 0 unspecified atom stereocenters. The van der Waals surface area contributed by atoms with Crippen LogP contribution in [0.5, 0.6) is 0 Å². The fourth-order valence-corrected chi connectivity index (χ4v) is 9.48. The summed E-state index contributed by atoms with van der Waals surface area (Å²) in [5.41, 5.74) is 5.86. The van der Waals surface area contributed by atoms with Crippen molar-refractivity contribution in [1.82, 2.24) is 0 Å². The second-order valence-corrected chi connectivity index (χ2v) is 14.8. The second-order valence-electron chi connectivity index (χ2n) is 13.7. The molecule has 1 aromatic heterocycles. The van der Waals surface area contributed by atoms with Gasteiger partial charge in [0.25, 0.3) is 0 Å². The Morgan fingerprint density at radius 2 is 0.865 bits per heavy atom. The van der Waals surface area contributed by atoms with Gasteiger partial charge in [-0.15, -0.1) is 11.3 Å². The number of rotatable bonds is 4. The van der Waals surface area contributed by atoms with Crippen molar-refractivity contribution >= 4 is 102 Å². The molecule has 0 aliphatic carbocycles. The van der Waals surface area contributed by atoms with Crippen LogP contribution < -0.4 is 4.90 Å². The smallest absolute Gasteiger partial charge is 0.0546 e. The predicted octanol–water partition coefficient (Wildman–Crippen LogP) is 15.0. The maximum absolute atomic E-state index is 2.46. The van der Waals surface area contributed by atoms with Gasteiger partial charge < -0.3 is 4.90 Å². The predicted molar refractivity (Wildman–Crippen MR) is 227 cm³/mol. The van der Waals surface area contributed by atoms with E-state index in [0.29, 0.717) is 0 Å². The van der Waals surface area contributed by atoms with Crippen LogP contribution in [-0.2, 0) is 0 Å². The molecule has 0 saturated heterocycles. The van der Waals surface area contributed by atoms with Crippen molar-refractivity contribution in [2.75, 3.05) is 4.90 Å². The van der Waals surface area contributed by atoms with Crippen LogP contribution in [0.15, 0.2) is 188 Å². The van der Waals surface area contributed by atoms with Crippen LogP contribution in [0.25, 0.3) is 85.2 Å². The number of hydrogen-bond acceptors (Lipinski definition) is 2. The number of benzene rings is 10. The highest BCUT2D eigenvalue weighted by Gasteiger charge is 2.19. The summed E-state index contributed by atoms with van der Waals surface area (Å²) in [6.07, 6.45) is 0. The zero-order chi connectivity index (χ0) is 34.2. The van der Waals surface area contributed by atoms with Crippen LogP contribution in [0.2, 0.25) is 0 Å². The number of hydrogen-bond donors (Lipinski definition) is 0. The first kappa shape index (κ1) is 29.3. The number of anilines is 3. The van der Waals surface area contributed by atoms with E-state index in [2.05, 4.69) is 193 Å². The molecular formula is C50H31NS. The molecule has 0 atom stereocenters. The van der Waals surface area contributed by atoms with E-state index in [4.69, 9.17) is 0 Å². The Bertz CT molecular complexity index is 3150. The molecular weight excluding hydrogens is 647 g/mol. The molecule has 11 aromatic rings. The monoisotopic (exact) mass is 677 g/mol. The zero-order valence-electron chi connectivity index (χ0n) is 28.3. The third-order valence-corrected chi connectivity index (χ3v) is 12.0. The van der Waals surface area contributed by atoms with Crippen LogP contribution >= 0.6 is 11.3 Å². The average Bonchev–Trinajstić information content (AvgIpc) is 3.59. The molecule has 0 saturated carbocycles. The van der Waals surface area contributed by atoms with Crippen molar-refractivity contribution in [2.45, 2.75) is 0 Å². The van der Waals surface area contributed by atoms with Crippen LogP contribution in [0.4, 0.5) is 17.1 Å². The van der Waals surface area contributed by atoms with E-state index in [-0.39, 0.29) is 0 Å². The van der Waals surface area contributed by atoms with E-state index in [1.54, 1.807) is 0 Å². The van der Waals surface area contributed by atoms with Gasteiger partial charge in [0, 0.05) is 36.9 Å². The van der Waals surface area contributed by atoms with Gasteiger partial charge in [-0.25, -0.2) is 0 Å². The highest BCUT2D eigenvalue weighted by atomic mass is 32.1. The highest BCUT2D eigenvalue weighted by molar-refractivity contribution is 7.25. The lowest BCUT2D eigenvalue weighted by atomic mass is 9.93. The van der Waals surface area contributed by atoms with Gasteiger partial charge in [-0.2, -0.15) is 0 Å². The van der Waals surface area contributed by atoms with Crippen LogP contribution in [0, 0.1) is 0 Å². The molecule has 52 heavy (non-hydrogen) atoms. The molecule has 2 heteroatoms. The van der Waals surface area contributed by atoms with Gasteiger partial charge >= 0.3 is 0 Å². The molecule has 11 rings (SSSR count). The minimum Gasteiger partial charge on any atom is -0.310 e. The van der Waals surface area contributed by atoms with Crippen molar-refractivity contribution in [1.29, 1.82) is 0 Å². The van der Waals surface area contributed by atoms with E-state index < -0.39 is 0 Å². The highest BCUT2D eigenvalue weighted by Crippen LogP contribution is 2.45. The largest absolute Gasteiger partial charge is 0.310 e. The van der Waals surface area contributed by atoms with Crippen molar-refractivity contribution in [3.8, 4) is 11.1 Å². The van der Waals surface area contributed by atoms with E-state index in [1.807, 2.05) is 11.3 Å². The molecule has 0 aliphatic rings. The third-order valence-electron chi connectivity index (χ3n) is 10.8. The molecule has 242 valence electrons. The van der Waals surface area contributed by atoms with E-state index in [9.17, 15) is 0 Å². The van der Waals surface area contributed by atoms with E-state index in [0.717, 1.165) is 17.1 Å². The molecule has 0 bridgehead atoms. The summed E-state index contributed by atoms with van der Waals surface area (Å²) in [5, 5.41) is 15.3. The molecule has 0 aliphatic heterocycles. The summed E-state index contributed by atoms with van der Waals surface area (Å²) in [7, 11) is 0. The number of nitrogens with zero attached hydrogens (tertiary/aromatic N) is 1. The van der Waals surface area contributed by atoms with Gasteiger partial charge in [-0.05, 0) is 108 Å². The standard InChI is InChI=1S/C50H31NS/c1-2-12-38-33(10-1)20-21-34-11-9-18-47(50(34)38)51(37-27-28-43-41-15-4-3-13-39(41)40-14-5-6-16-42(40)45(43)31-37)36-25-22-32(23-26-36)35-24-29-49-46(30-35)44-17-7-8-19-48(44)52-49/h1-31H. The number of thiophene rings is 1. The Kier molecular flexibility index (Phi) is 6.49. The summed E-state index contributed by atoms with van der Waals surface area (Å²) in [4.78, 5) is 2.46. The summed E-state index contributed by atoms with van der Waals surface area (Å²) >= 11 is 1.86. The SMILES string of the molecule is c1ccc2c(c1)ccc1cccc(N(c3ccc(-c4ccc5sc6ccccc6c5c4)cc3)c3ccc4c5ccccc5c5ccccc5c4c3)c12. The van der Waals surface area contributed by atoms with Gasteiger partial charge in [-0.1, -0.05) is 140 Å². The molecule has 1 nitrogen and oxygen atoms in total. The van der Waals surface area contributed by atoms with Gasteiger partial charge in [0.2, 0.25) is 0 Å². The van der Waals surface area contributed by atoms with Crippen LogP contribution in [0.3, 0.4) is 0 Å². The molecule has 10 aromatic carbocycles. The van der Waals surface area contributed by atoms with Crippen LogP contribution in [0.1, 0.15) is 0 Å². The van der Waals surface area contributed by atoms with Gasteiger partial charge in [0.15, 0.2) is 0 Å². The minimum atomic E-state index is 1.12. The first-order valence-corrected chi connectivity index (χ1v) is 18.7. The summed E-state index contributed by atoms with van der Waals surface area (Å²) in [6, 6.07) is 69.4. The molecule has 0 amide bonds. The Morgan fingerprint density at radius 1 is 0.308 bits per heavy atom. The van der Waals surface area contributed by atoms with Crippen molar-refractivity contribution in [2.24, 2.45) is 0 Å². The van der Waals surface area contributed by atoms with E-state index >= 15 is 0 Å². The lowest BCUT2D eigenvalue weighted by Crippen LogP contribution is -2.10. The first-order valence-electron chi connectivity index (χ1n) is 17.8. The lowest BCUT2D eigenvalue weighted by molar-refractivity contribution is 1.31. The second kappa shape index (κ2) is 11.5.